The number of alkyl halides is 2. The van der Waals surface area contributed by atoms with Crippen molar-refractivity contribution in [1.29, 1.82) is 0 Å². The number of ether oxygens (including phenoxy) is 3. The summed E-state index contributed by atoms with van der Waals surface area (Å²) in [7, 11) is 1.45. The highest BCUT2D eigenvalue weighted by Crippen LogP contribution is 2.16. The van der Waals surface area contributed by atoms with Crippen molar-refractivity contribution in [3.63, 3.8) is 0 Å². The lowest BCUT2D eigenvalue weighted by Crippen LogP contribution is -2.42. The maximum Gasteiger partial charge on any atom is 0.407 e. The Morgan fingerprint density at radius 2 is 1.76 bits per heavy atom. The molecule has 1 atom stereocenters. The minimum atomic E-state index is -2.93. The fourth-order valence-corrected chi connectivity index (χ4v) is 1.99. The molecule has 6 nitrogen and oxygen atoms in total. The number of carbonyl (C=O) groups excluding carboxylic acids is 2. The summed E-state index contributed by atoms with van der Waals surface area (Å²) in [6.45, 7) is 2.38. The fraction of sp³-hybridized carbons (Fsp3) is 0.529. The molecule has 0 aliphatic heterocycles. The molecule has 1 N–H and O–H groups in total. The van der Waals surface area contributed by atoms with Gasteiger partial charge >= 0.3 is 12.7 Å². The SMILES string of the molecule is COCC(CC(=O)c1ccc(OC(F)F)cc1)NC(=O)OC(C)(C)C. The average molecular weight is 359 g/mol. The van der Waals surface area contributed by atoms with Crippen LogP contribution in [0.4, 0.5) is 13.6 Å². The van der Waals surface area contributed by atoms with E-state index in [1.165, 1.54) is 31.4 Å². The van der Waals surface area contributed by atoms with E-state index in [1.54, 1.807) is 20.8 Å². The lowest BCUT2D eigenvalue weighted by Gasteiger charge is -2.23. The molecule has 1 rings (SSSR count). The van der Waals surface area contributed by atoms with Crippen molar-refractivity contribution in [2.24, 2.45) is 0 Å². The molecule has 0 saturated heterocycles. The van der Waals surface area contributed by atoms with Gasteiger partial charge in [0.2, 0.25) is 0 Å². The summed E-state index contributed by atoms with van der Waals surface area (Å²) < 4.78 is 38.6. The minimum Gasteiger partial charge on any atom is -0.444 e. The second kappa shape index (κ2) is 9.31. The Bertz CT molecular complexity index is 569. The number of hydrogen-bond donors (Lipinski definition) is 1. The van der Waals surface area contributed by atoms with E-state index < -0.39 is 24.3 Å². The predicted molar refractivity (Wildman–Crippen MR) is 87.1 cm³/mol. The maximum absolute atomic E-state index is 12.3. The van der Waals surface area contributed by atoms with Gasteiger partial charge < -0.3 is 19.5 Å². The van der Waals surface area contributed by atoms with Gasteiger partial charge in [-0.25, -0.2) is 4.79 Å². The number of Topliss-reactive ketones (excluding diaryl/α,β-unsaturated/α-hetero) is 1. The Morgan fingerprint density at radius 3 is 2.24 bits per heavy atom. The van der Waals surface area contributed by atoms with Crippen molar-refractivity contribution in [1.82, 2.24) is 5.32 Å². The zero-order valence-electron chi connectivity index (χ0n) is 14.7. The summed E-state index contributed by atoms with van der Waals surface area (Å²) in [5, 5.41) is 2.58. The van der Waals surface area contributed by atoms with Crippen molar-refractivity contribution < 1.29 is 32.6 Å². The summed E-state index contributed by atoms with van der Waals surface area (Å²) in [5.74, 6) is -0.312. The van der Waals surface area contributed by atoms with Gasteiger partial charge in [0, 0.05) is 19.1 Å². The normalized spacial score (nSPS) is 12.6. The molecule has 0 aromatic heterocycles. The van der Waals surface area contributed by atoms with Gasteiger partial charge in [0.1, 0.15) is 11.4 Å². The first-order valence-corrected chi connectivity index (χ1v) is 7.67. The van der Waals surface area contributed by atoms with Gasteiger partial charge in [0.25, 0.3) is 0 Å². The van der Waals surface area contributed by atoms with Crippen LogP contribution in [0.2, 0.25) is 0 Å². The van der Waals surface area contributed by atoms with Gasteiger partial charge in [-0.15, -0.1) is 0 Å². The molecule has 0 aliphatic carbocycles. The molecule has 0 heterocycles. The second-order valence-corrected chi connectivity index (χ2v) is 6.33. The van der Waals surface area contributed by atoms with Crippen molar-refractivity contribution >= 4 is 11.9 Å². The summed E-state index contributed by atoms with van der Waals surface area (Å²) in [6, 6.07) is 4.76. The van der Waals surface area contributed by atoms with Gasteiger partial charge in [-0.1, -0.05) is 0 Å². The van der Waals surface area contributed by atoms with Crippen LogP contribution in [0.5, 0.6) is 5.75 Å². The van der Waals surface area contributed by atoms with Crippen molar-refractivity contribution in [3.8, 4) is 5.75 Å². The number of carbonyl (C=O) groups is 2. The smallest absolute Gasteiger partial charge is 0.407 e. The molecule has 1 unspecified atom stereocenters. The highest BCUT2D eigenvalue weighted by molar-refractivity contribution is 5.96. The van der Waals surface area contributed by atoms with Crippen LogP contribution in [0.1, 0.15) is 37.6 Å². The van der Waals surface area contributed by atoms with Crippen LogP contribution in [0.3, 0.4) is 0 Å². The molecule has 0 bridgehead atoms. The number of rotatable bonds is 8. The molecule has 140 valence electrons. The highest BCUT2D eigenvalue weighted by Gasteiger charge is 2.22. The molecule has 0 aliphatic rings. The van der Waals surface area contributed by atoms with Gasteiger partial charge in [-0.05, 0) is 45.0 Å². The third-order valence-corrected chi connectivity index (χ3v) is 2.92. The quantitative estimate of drug-likeness (QED) is 0.720. The highest BCUT2D eigenvalue weighted by atomic mass is 19.3. The number of hydrogen-bond acceptors (Lipinski definition) is 5. The van der Waals surface area contributed by atoms with Crippen LogP contribution < -0.4 is 10.1 Å². The monoisotopic (exact) mass is 359 g/mol. The fourth-order valence-electron chi connectivity index (χ4n) is 1.99. The molecule has 0 fully saturated rings. The Hall–Kier alpha value is -2.22. The third kappa shape index (κ3) is 8.44. The lowest BCUT2D eigenvalue weighted by molar-refractivity contribution is -0.0498. The summed E-state index contributed by atoms with van der Waals surface area (Å²) in [5.41, 5.74) is -0.347. The van der Waals surface area contributed by atoms with E-state index in [4.69, 9.17) is 9.47 Å². The van der Waals surface area contributed by atoms with Gasteiger partial charge in [-0.2, -0.15) is 8.78 Å². The molecular weight excluding hydrogens is 336 g/mol. The first-order valence-electron chi connectivity index (χ1n) is 7.67. The summed E-state index contributed by atoms with van der Waals surface area (Å²) >= 11 is 0. The van der Waals surface area contributed by atoms with Crippen molar-refractivity contribution in [3.05, 3.63) is 29.8 Å². The van der Waals surface area contributed by atoms with E-state index in [9.17, 15) is 18.4 Å². The van der Waals surface area contributed by atoms with Crippen LogP contribution in [0.25, 0.3) is 0 Å². The Kier molecular flexibility index (Phi) is 7.76. The Labute approximate surface area is 145 Å². The van der Waals surface area contributed by atoms with E-state index >= 15 is 0 Å². The number of ketones is 1. The standard InChI is InChI=1S/C17H23F2NO5/c1-17(2,3)25-16(22)20-12(10-23-4)9-14(21)11-5-7-13(8-6-11)24-15(18)19/h5-8,12,15H,9-10H2,1-4H3,(H,20,22). The van der Waals surface area contributed by atoms with E-state index in [2.05, 4.69) is 10.1 Å². The van der Waals surface area contributed by atoms with E-state index in [1.807, 2.05) is 0 Å². The molecule has 25 heavy (non-hydrogen) atoms. The molecular formula is C17H23F2NO5. The van der Waals surface area contributed by atoms with E-state index in [-0.39, 0.29) is 24.6 Å². The zero-order valence-corrected chi connectivity index (χ0v) is 14.7. The summed E-state index contributed by atoms with van der Waals surface area (Å²) in [4.78, 5) is 24.1. The molecule has 0 spiro atoms. The van der Waals surface area contributed by atoms with Crippen molar-refractivity contribution in [2.45, 2.75) is 45.4 Å². The molecule has 8 heteroatoms. The van der Waals surface area contributed by atoms with Crippen LogP contribution in [0, 0.1) is 0 Å². The molecule has 1 amide bonds. The van der Waals surface area contributed by atoms with Gasteiger partial charge in [0.15, 0.2) is 5.78 Å². The number of amides is 1. The number of halogens is 2. The van der Waals surface area contributed by atoms with Crippen LogP contribution >= 0.6 is 0 Å². The maximum atomic E-state index is 12.3. The minimum absolute atomic E-state index is 0.0257. The molecule has 0 saturated carbocycles. The summed E-state index contributed by atoms with van der Waals surface area (Å²) in [6.07, 6.45) is -0.676. The first-order chi connectivity index (χ1) is 11.6. The number of nitrogens with one attached hydrogen (secondary N) is 1. The van der Waals surface area contributed by atoms with E-state index in [0.29, 0.717) is 5.56 Å². The number of methoxy groups -OCH3 is 1. The largest absolute Gasteiger partial charge is 0.444 e. The van der Waals surface area contributed by atoms with Gasteiger partial charge in [-0.3, -0.25) is 4.79 Å². The average Bonchev–Trinajstić information content (AvgIpc) is 2.45. The number of alkyl carbamates (subject to hydrolysis) is 1. The van der Waals surface area contributed by atoms with Crippen LogP contribution in [-0.4, -0.2) is 43.8 Å². The first kappa shape index (κ1) is 20.8. The second-order valence-electron chi connectivity index (χ2n) is 6.33. The lowest BCUT2D eigenvalue weighted by atomic mass is 10.0. The Morgan fingerprint density at radius 1 is 1.16 bits per heavy atom. The van der Waals surface area contributed by atoms with Crippen LogP contribution in [0.15, 0.2) is 24.3 Å². The zero-order chi connectivity index (χ0) is 19.0. The molecule has 0 radical (unpaired) electrons. The van der Waals surface area contributed by atoms with E-state index in [0.717, 1.165) is 0 Å². The topological polar surface area (TPSA) is 73.9 Å². The van der Waals surface area contributed by atoms with Gasteiger partial charge in [0.05, 0.1) is 12.6 Å². The van der Waals surface area contributed by atoms with Crippen LogP contribution in [-0.2, 0) is 9.47 Å². The molecule has 1 aromatic carbocycles. The third-order valence-electron chi connectivity index (χ3n) is 2.92. The Balaban J connectivity index is 2.67. The number of benzene rings is 1. The predicted octanol–water partition coefficient (Wildman–Crippen LogP) is 3.40. The van der Waals surface area contributed by atoms with Crippen molar-refractivity contribution in [2.75, 3.05) is 13.7 Å². The molecule has 1 aromatic rings.